The second kappa shape index (κ2) is 5.52. The number of aryl methyl sites for hydroxylation is 2. The summed E-state index contributed by atoms with van der Waals surface area (Å²) in [5.41, 5.74) is 4.26. The van der Waals surface area contributed by atoms with Crippen LogP contribution in [-0.4, -0.2) is 0 Å². The summed E-state index contributed by atoms with van der Waals surface area (Å²) in [6, 6.07) is 11.6. The number of halogens is 3. The van der Waals surface area contributed by atoms with Crippen molar-refractivity contribution in [3.05, 3.63) is 68.7 Å². The second-order valence-corrected chi connectivity index (χ2v) is 5.73. The summed E-state index contributed by atoms with van der Waals surface area (Å²) in [4.78, 5) is 0. The Kier molecular flexibility index (Phi) is 4.21. The summed E-state index contributed by atoms with van der Waals surface area (Å²) < 4.78 is 0. The van der Waals surface area contributed by atoms with Crippen molar-refractivity contribution in [1.82, 2.24) is 0 Å². The Labute approximate surface area is 122 Å². The van der Waals surface area contributed by atoms with Gasteiger partial charge in [0.2, 0.25) is 0 Å². The second-order valence-electron chi connectivity index (χ2n) is 4.45. The quantitative estimate of drug-likeness (QED) is 0.602. The van der Waals surface area contributed by atoms with Crippen LogP contribution >= 0.6 is 34.8 Å². The molecular formula is C15H13Cl3. The summed E-state index contributed by atoms with van der Waals surface area (Å²) in [5, 5.41) is 0.998. The van der Waals surface area contributed by atoms with E-state index in [0.29, 0.717) is 10.0 Å². The molecule has 0 aliphatic rings. The van der Waals surface area contributed by atoms with Gasteiger partial charge in [-0.1, -0.05) is 52.5 Å². The topological polar surface area (TPSA) is 0 Å². The molecule has 94 valence electrons. The molecule has 0 aliphatic carbocycles. The Bertz CT molecular complexity index is 556. The molecule has 0 saturated heterocycles. The van der Waals surface area contributed by atoms with Crippen LogP contribution in [0.25, 0.3) is 0 Å². The Morgan fingerprint density at radius 3 is 2.11 bits per heavy atom. The molecule has 0 nitrogen and oxygen atoms in total. The molecule has 2 aromatic carbocycles. The SMILES string of the molecule is Cc1cc(C)cc(C(Cl)c2cc(Cl)ccc2Cl)c1. The van der Waals surface area contributed by atoms with E-state index in [9.17, 15) is 0 Å². The van der Waals surface area contributed by atoms with Crippen LogP contribution in [0.3, 0.4) is 0 Å². The molecule has 3 heteroatoms. The van der Waals surface area contributed by atoms with Crippen LogP contribution in [0.4, 0.5) is 0 Å². The molecule has 0 amide bonds. The fourth-order valence-electron chi connectivity index (χ4n) is 2.04. The molecule has 0 radical (unpaired) electrons. The van der Waals surface area contributed by atoms with Gasteiger partial charge in [-0.3, -0.25) is 0 Å². The smallest absolute Gasteiger partial charge is 0.0850 e. The highest BCUT2D eigenvalue weighted by molar-refractivity contribution is 6.35. The summed E-state index contributed by atoms with van der Waals surface area (Å²) in [6.45, 7) is 4.11. The molecule has 0 N–H and O–H groups in total. The van der Waals surface area contributed by atoms with Gasteiger partial charge in [0, 0.05) is 10.0 Å². The molecule has 1 unspecified atom stereocenters. The number of hydrogen-bond donors (Lipinski definition) is 0. The monoisotopic (exact) mass is 298 g/mol. The van der Waals surface area contributed by atoms with Gasteiger partial charge in [0.25, 0.3) is 0 Å². The normalized spacial score (nSPS) is 12.5. The van der Waals surface area contributed by atoms with Gasteiger partial charge in [0.15, 0.2) is 0 Å². The number of alkyl halides is 1. The van der Waals surface area contributed by atoms with Crippen molar-refractivity contribution < 1.29 is 0 Å². The zero-order chi connectivity index (χ0) is 13.3. The Hall–Kier alpha value is -0.690. The van der Waals surface area contributed by atoms with Gasteiger partial charge in [-0.05, 0) is 43.2 Å². The molecule has 0 fully saturated rings. The molecule has 0 heterocycles. The highest BCUT2D eigenvalue weighted by atomic mass is 35.5. The predicted octanol–water partition coefficient (Wildman–Crippen LogP) is 5.94. The third kappa shape index (κ3) is 3.00. The lowest BCUT2D eigenvalue weighted by Crippen LogP contribution is -1.96. The Morgan fingerprint density at radius 2 is 1.50 bits per heavy atom. The van der Waals surface area contributed by atoms with Crippen LogP contribution in [0.2, 0.25) is 10.0 Å². The zero-order valence-electron chi connectivity index (χ0n) is 10.2. The van der Waals surface area contributed by atoms with Crippen molar-refractivity contribution >= 4 is 34.8 Å². The van der Waals surface area contributed by atoms with E-state index >= 15 is 0 Å². The van der Waals surface area contributed by atoms with E-state index in [4.69, 9.17) is 34.8 Å². The van der Waals surface area contributed by atoms with E-state index in [1.54, 1.807) is 12.1 Å². The van der Waals surface area contributed by atoms with Gasteiger partial charge in [0.1, 0.15) is 0 Å². The van der Waals surface area contributed by atoms with Gasteiger partial charge in [0.05, 0.1) is 5.38 Å². The lowest BCUT2D eigenvalue weighted by atomic mass is 10.0. The third-order valence-electron chi connectivity index (χ3n) is 2.77. The van der Waals surface area contributed by atoms with Crippen LogP contribution in [0.1, 0.15) is 27.6 Å². The standard InChI is InChI=1S/C15H13Cl3/c1-9-5-10(2)7-11(6-9)15(18)13-8-12(16)3-4-14(13)17/h3-8,15H,1-2H3. The molecular weight excluding hydrogens is 287 g/mol. The highest BCUT2D eigenvalue weighted by Gasteiger charge is 2.15. The molecule has 18 heavy (non-hydrogen) atoms. The predicted molar refractivity (Wildman–Crippen MR) is 80.1 cm³/mol. The molecule has 2 rings (SSSR count). The number of hydrogen-bond acceptors (Lipinski definition) is 0. The van der Waals surface area contributed by atoms with Crippen LogP contribution in [0.15, 0.2) is 36.4 Å². The minimum atomic E-state index is -0.283. The molecule has 2 aromatic rings. The third-order valence-corrected chi connectivity index (χ3v) is 3.83. The minimum Gasteiger partial charge on any atom is -0.113 e. The van der Waals surface area contributed by atoms with Gasteiger partial charge >= 0.3 is 0 Å². The lowest BCUT2D eigenvalue weighted by molar-refractivity contribution is 1.12. The maximum Gasteiger partial charge on any atom is 0.0850 e. The maximum absolute atomic E-state index is 6.51. The summed E-state index contributed by atoms with van der Waals surface area (Å²) in [7, 11) is 0. The first-order valence-electron chi connectivity index (χ1n) is 5.64. The van der Waals surface area contributed by atoms with Gasteiger partial charge < -0.3 is 0 Å². The van der Waals surface area contributed by atoms with Crippen molar-refractivity contribution in [1.29, 1.82) is 0 Å². The van der Waals surface area contributed by atoms with Crippen LogP contribution in [0.5, 0.6) is 0 Å². The first kappa shape index (κ1) is 13.7. The highest BCUT2D eigenvalue weighted by Crippen LogP contribution is 2.35. The molecule has 0 saturated carbocycles. The molecule has 0 bridgehead atoms. The van der Waals surface area contributed by atoms with Crippen molar-refractivity contribution in [2.45, 2.75) is 19.2 Å². The fourth-order valence-corrected chi connectivity index (χ4v) is 2.81. The van der Waals surface area contributed by atoms with Crippen LogP contribution in [0, 0.1) is 13.8 Å². The largest absolute Gasteiger partial charge is 0.113 e. The summed E-state index contributed by atoms with van der Waals surface area (Å²) in [5.74, 6) is 0. The van der Waals surface area contributed by atoms with Crippen molar-refractivity contribution in [3.8, 4) is 0 Å². The van der Waals surface area contributed by atoms with Gasteiger partial charge in [-0.25, -0.2) is 0 Å². The summed E-state index contributed by atoms with van der Waals surface area (Å²) >= 11 is 18.7. The van der Waals surface area contributed by atoms with E-state index in [1.807, 2.05) is 6.07 Å². The first-order chi connectivity index (χ1) is 8.47. The van der Waals surface area contributed by atoms with E-state index in [1.165, 1.54) is 11.1 Å². The van der Waals surface area contributed by atoms with E-state index in [0.717, 1.165) is 11.1 Å². The number of rotatable bonds is 2. The van der Waals surface area contributed by atoms with E-state index in [-0.39, 0.29) is 5.38 Å². The Morgan fingerprint density at radius 1 is 0.889 bits per heavy atom. The maximum atomic E-state index is 6.51. The molecule has 0 aliphatic heterocycles. The Balaban J connectivity index is 2.47. The molecule has 0 aromatic heterocycles. The molecule has 0 spiro atoms. The zero-order valence-corrected chi connectivity index (χ0v) is 12.4. The lowest BCUT2D eigenvalue weighted by Gasteiger charge is -2.14. The molecule has 1 atom stereocenters. The van der Waals surface area contributed by atoms with Crippen molar-refractivity contribution in [2.75, 3.05) is 0 Å². The van der Waals surface area contributed by atoms with Crippen molar-refractivity contribution in [2.24, 2.45) is 0 Å². The van der Waals surface area contributed by atoms with Gasteiger partial charge in [-0.15, -0.1) is 11.6 Å². The van der Waals surface area contributed by atoms with E-state index in [2.05, 4.69) is 32.0 Å². The number of benzene rings is 2. The fraction of sp³-hybridized carbons (Fsp3) is 0.200. The summed E-state index contributed by atoms with van der Waals surface area (Å²) in [6.07, 6.45) is 0. The minimum absolute atomic E-state index is 0.283. The average Bonchev–Trinajstić information content (AvgIpc) is 2.30. The average molecular weight is 300 g/mol. The van der Waals surface area contributed by atoms with E-state index < -0.39 is 0 Å². The van der Waals surface area contributed by atoms with Gasteiger partial charge in [-0.2, -0.15) is 0 Å². The van der Waals surface area contributed by atoms with Crippen LogP contribution in [-0.2, 0) is 0 Å². The van der Waals surface area contributed by atoms with Crippen molar-refractivity contribution in [3.63, 3.8) is 0 Å². The van der Waals surface area contributed by atoms with Crippen LogP contribution < -0.4 is 0 Å². The first-order valence-corrected chi connectivity index (χ1v) is 6.84.